The summed E-state index contributed by atoms with van der Waals surface area (Å²) in [7, 11) is 3.05. The zero-order chi connectivity index (χ0) is 27.6. The molecule has 0 saturated heterocycles. The van der Waals surface area contributed by atoms with Gasteiger partial charge < -0.3 is 19.5 Å². The van der Waals surface area contributed by atoms with E-state index in [1.165, 1.54) is 13.3 Å². The van der Waals surface area contributed by atoms with Gasteiger partial charge in [0.05, 0.1) is 26.1 Å². The van der Waals surface area contributed by atoms with Gasteiger partial charge in [-0.15, -0.1) is 0 Å². The molecule has 0 bridgehead atoms. The molecule has 0 aliphatic heterocycles. The Balaban J connectivity index is 1.40. The van der Waals surface area contributed by atoms with Crippen LogP contribution < -0.4 is 30.5 Å². The monoisotopic (exact) mass is 524 g/mol. The van der Waals surface area contributed by atoms with Crippen LogP contribution in [0.25, 0.3) is 11.3 Å². The number of carbonyl (C=O) groups excluding carboxylic acids is 1. The fraction of sp³-hybridized carbons (Fsp3) is 0.107. The Morgan fingerprint density at radius 3 is 2.51 bits per heavy atom. The SMILES string of the molecule is COc1ccc(NC(=O)COc2ccc(C=NNc3nc(-c4ccccc4)c(C#N)c(=O)[nH]3)cc2OC)cc1. The average molecular weight is 525 g/mol. The van der Waals surface area contributed by atoms with Crippen LogP contribution in [0.4, 0.5) is 11.6 Å². The van der Waals surface area contributed by atoms with E-state index in [2.05, 4.69) is 25.8 Å². The van der Waals surface area contributed by atoms with Crippen LogP contribution in [-0.4, -0.2) is 42.9 Å². The van der Waals surface area contributed by atoms with Crippen molar-refractivity contribution in [2.24, 2.45) is 5.10 Å². The lowest BCUT2D eigenvalue weighted by molar-refractivity contribution is -0.118. The summed E-state index contributed by atoms with van der Waals surface area (Å²) in [6, 6.07) is 22.8. The highest BCUT2D eigenvalue weighted by atomic mass is 16.5. The van der Waals surface area contributed by atoms with Crippen molar-refractivity contribution in [1.29, 1.82) is 5.26 Å². The number of benzene rings is 3. The van der Waals surface area contributed by atoms with Gasteiger partial charge in [-0.1, -0.05) is 30.3 Å². The van der Waals surface area contributed by atoms with Crippen LogP contribution in [0.5, 0.6) is 17.2 Å². The predicted octanol–water partition coefficient (Wildman–Crippen LogP) is 3.79. The van der Waals surface area contributed by atoms with E-state index in [4.69, 9.17) is 14.2 Å². The molecule has 1 heterocycles. The fourth-order valence-corrected chi connectivity index (χ4v) is 3.50. The maximum atomic E-state index is 12.4. The normalized spacial score (nSPS) is 10.5. The number of nitriles is 1. The molecular weight excluding hydrogens is 500 g/mol. The van der Waals surface area contributed by atoms with Crippen molar-refractivity contribution in [3.8, 4) is 34.6 Å². The van der Waals surface area contributed by atoms with Crippen molar-refractivity contribution < 1.29 is 19.0 Å². The van der Waals surface area contributed by atoms with Gasteiger partial charge in [-0.3, -0.25) is 14.6 Å². The lowest BCUT2D eigenvalue weighted by atomic mass is 10.1. The summed E-state index contributed by atoms with van der Waals surface area (Å²) in [5.41, 5.74) is 4.15. The maximum Gasteiger partial charge on any atom is 0.270 e. The van der Waals surface area contributed by atoms with E-state index in [9.17, 15) is 14.9 Å². The third-order valence-corrected chi connectivity index (χ3v) is 5.38. The molecular formula is C28H24N6O5. The zero-order valence-electron chi connectivity index (χ0n) is 21.1. The summed E-state index contributed by atoms with van der Waals surface area (Å²) in [6.07, 6.45) is 1.49. The number of anilines is 2. The topological polar surface area (TPSA) is 151 Å². The Morgan fingerprint density at radius 1 is 1.05 bits per heavy atom. The molecule has 0 radical (unpaired) electrons. The van der Waals surface area contributed by atoms with Gasteiger partial charge in [0.15, 0.2) is 18.1 Å². The summed E-state index contributed by atoms with van der Waals surface area (Å²) >= 11 is 0. The average Bonchev–Trinajstić information content (AvgIpc) is 2.97. The number of hydrogen-bond acceptors (Lipinski definition) is 9. The van der Waals surface area contributed by atoms with E-state index < -0.39 is 5.56 Å². The highest BCUT2D eigenvalue weighted by molar-refractivity contribution is 5.92. The molecule has 4 aromatic rings. The molecule has 0 unspecified atom stereocenters. The molecule has 0 fully saturated rings. The van der Waals surface area contributed by atoms with E-state index in [1.54, 1.807) is 73.8 Å². The molecule has 0 saturated carbocycles. The number of carbonyl (C=O) groups is 1. The number of methoxy groups -OCH3 is 2. The molecule has 196 valence electrons. The number of nitrogens with zero attached hydrogens (tertiary/aromatic N) is 3. The van der Waals surface area contributed by atoms with Crippen molar-refractivity contribution in [1.82, 2.24) is 9.97 Å². The van der Waals surface area contributed by atoms with Gasteiger partial charge in [0, 0.05) is 11.3 Å². The number of H-pyrrole nitrogens is 1. The summed E-state index contributed by atoms with van der Waals surface area (Å²) in [5, 5.41) is 16.3. The number of rotatable bonds is 10. The van der Waals surface area contributed by atoms with Gasteiger partial charge >= 0.3 is 0 Å². The Bertz CT molecular complexity index is 1580. The summed E-state index contributed by atoms with van der Waals surface area (Å²) in [6.45, 7) is -0.223. The van der Waals surface area contributed by atoms with Crippen LogP contribution in [0.2, 0.25) is 0 Å². The number of hydrazone groups is 1. The Hall–Kier alpha value is -5.63. The molecule has 4 rings (SSSR count). The van der Waals surface area contributed by atoms with Crippen LogP contribution in [0, 0.1) is 11.3 Å². The molecule has 0 spiro atoms. The molecule has 0 aliphatic carbocycles. The fourth-order valence-electron chi connectivity index (χ4n) is 3.50. The molecule has 11 heteroatoms. The van der Waals surface area contributed by atoms with Crippen LogP contribution in [0.1, 0.15) is 11.1 Å². The lowest BCUT2D eigenvalue weighted by Gasteiger charge is -2.11. The van der Waals surface area contributed by atoms with E-state index in [-0.39, 0.29) is 29.7 Å². The smallest absolute Gasteiger partial charge is 0.270 e. The van der Waals surface area contributed by atoms with Gasteiger partial charge in [0.2, 0.25) is 5.95 Å². The van der Waals surface area contributed by atoms with Crippen LogP contribution >= 0.6 is 0 Å². The third-order valence-electron chi connectivity index (χ3n) is 5.38. The summed E-state index contributed by atoms with van der Waals surface area (Å²) in [5.74, 6) is 1.19. The van der Waals surface area contributed by atoms with Crippen LogP contribution in [-0.2, 0) is 4.79 Å². The standard InChI is InChI=1S/C28H24N6O5/c1-37-21-11-9-20(10-12-21)31-25(35)17-39-23-13-8-18(14-24(23)38-2)16-30-34-28-32-26(19-6-4-3-5-7-19)22(15-29)27(36)33-28/h3-14,16H,17H2,1-2H3,(H,31,35)(H2,32,33,34,36). The minimum atomic E-state index is -0.580. The largest absolute Gasteiger partial charge is 0.497 e. The first kappa shape index (κ1) is 26.4. The second-order valence-corrected chi connectivity index (χ2v) is 7.96. The Kier molecular flexibility index (Phi) is 8.51. The first-order chi connectivity index (χ1) is 19.0. The van der Waals surface area contributed by atoms with Crippen LogP contribution in [0.15, 0.2) is 82.7 Å². The van der Waals surface area contributed by atoms with Crippen molar-refractivity contribution in [3.63, 3.8) is 0 Å². The van der Waals surface area contributed by atoms with E-state index >= 15 is 0 Å². The highest BCUT2D eigenvalue weighted by Crippen LogP contribution is 2.28. The van der Waals surface area contributed by atoms with Crippen molar-refractivity contribution in [2.75, 3.05) is 31.6 Å². The van der Waals surface area contributed by atoms with Crippen LogP contribution in [0.3, 0.4) is 0 Å². The number of hydrogen-bond donors (Lipinski definition) is 3. The Labute approximate surface area is 223 Å². The summed E-state index contributed by atoms with van der Waals surface area (Å²) in [4.78, 5) is 31.5. The highest BCUT2D eigenvalue weighted by Gasteiger charge is 2.13. The number of aromatic amines is 1. The molecule has 0 aliphatic rings. The second kappa shape index (κ2) is 12.6. The van der Waals surface area contributed by atoms with Crippen molar-refractivity contribution >= 4 is 23.8 Å². The summed E-state index contributed by atoms with van der Waals surface area (Å²) < 4.78 is 16.1. The van der Waals surface area contributed by atoms with Crippen molar-refractivity contribution in [3.05, 3.63) is 94.3 Å². The van der Waals surface area contributed by atoms with E-state index in [0.29, 0.717) is 34.1 Å². The molecule has 0 atom stereocenters. The van der Waals surface area contributed by atoms with E-state index in [0.717, 1.165) is 0 Å². The third kappa shape index (κ3) is 6.78. The number of nitrogens with one attached hydrogen (secondary N) is 3. The minimum Gasteiger partial charge on any atom is -0.497 e. The number of amides is 1. The quantitative estimate of drug-likeness (QED) is 0.209. The molecule has 1 aromatic heterocycles. The molecule has 39 heavy (non-hydrogen) atoms. The van der Waals surface area contributed by atoms with Gasteiger partial charge in [-0.05, 0) is 48.0 Å². The number of ether oxygens (including phenoxy) is 3. The van der Waals surface area contributed by atoms with Gasteiger partial charge in [0.25, 0.3) is 11.5 Å². The molecule has 1 amide bonds. The number of aromatic nitrogens is 2. The van der Waals surface area contributed by atoms with Gasteiger partial charge in [-0.25, -0.2) is 10.4 Å². The van der Waals surface area contributed by atoms with Gasteiger partial charge in [-0.2, -0.15) is 10.4 Å². The molecule has 11 nitrogen and oxygen atoms in total. The lowest BCUT2D eigenvalue weighted by Crippen LogP contribution is -2.20. The van der Waals surface area contributed by atoms with Gasteiger partial charge in [0.1, 0.15) is 17.4 Å². The molecule has 3 N–H and O–H groups in total. The zero-order valence-corrected chi connectivity index (χ0v) is 21.1. The second-order valence-electron chi connectivity index (χ2n) is 7.96. The van der Waals surface area contributed by atoms with E-state index in [1.807, 2.05) is 12.1 Å². The predicted molar refractivity (Wildman–Crippen MR) is 146 cm³/mol. The van der Waals surface area contributed by atoms with Crippen molar-refractivity contribution in [2.45, 2.75) is 0 Å². The first-order valence-electron chi connectivity index (χ1n) is 11.6. The minimum absolute atomic E-state index is 0.0730. The first-order valence-corrected chi connectivity index (χ1v) is 11.6. The Morgan fingerprint density at radius 2 is 1.82 bits per heavy atom. The maximum absolute atomic E-state index is 12.4. The molecule has 3 aromatic carbocycles.